The number of alkyl halides is 2. The minimum absolute atomic E-state index is 0.0720. The van der Waals surface area contributed by atoms with Crippen LogP contribution in [-0.2, 0) is 0 Å². The summed E-state index contributed by atoms with van der Waals surface area (Å²) in [4.78, 5) is 2.96. The minimum atomic E-state index is -2.39. The molecule has 1 aromatic carbocycles. The Bertz CT molecular complexity index is 502. The van der Waals surface area contributed by atoms with Crippen molar-refractivity contribution >= 4 is 11.8 Å². The Hall–Kier alpha value is -0.690. The van der Waals surface area contributed by atoms with Gasteiger partial charge in [0, 0.05) is 36.6 Å². The van der Waals surface area contributed by atoms with Gasteiger partial charge in [-0.1, -0.05) is 23.9 Å². The van der Waals surface area contributed by atoms with Gasteiger partial charge in [0.15, 0.2) is 0 Å². The fraction of sp³-hybridized carbons (Fsp3) is 0.667. The van der Waals surface area contributed by atoms with Crippen LogP contribution in [0, 0.1) is 0 Å². The third-order valence-electron chi connectivity index (χ3n) is 4.80. The van der Waals surface area contributed by atoms with E-state index in [-0.39, 0.29) is 6.04 Å². The van der Waals surface area contributed by atoms with Crippen LogP contribution < -0.4 is 5.32 Å². The zero-order valence-electron chi connectivity index (χ0n) is 14.6. The second kappa shape index (κ2) is 8.61. The topological polar surface area (TPSA) is 35.5 Å². The number of hydrogen-bond acceptors (Lipinski definition) is 4. The lowest BCUT2D eigenvalue weighted by molar-refractivity contribution is -0.0277. The first-order chi connectivity index (χ1) is 11.3. The average molecular weight is 358 g/mol. The molecule has 1 aromatic rings. The molecule has 1 heterocycles. The number of hydrogen-bond donors (Lipinski definition) is 2. The van der Waals surface area contributed by atoms with Crippen LogP contribution in [0.3, 0.4) is 0 Å². The molecular weight excluding hydrogens is 330 g/mol. The van der Waals surface area contributed by atoms with Crippen molar-refractivity contribution in [3.05, 3.63) is 29.8 Å². The Balaban J connectivity index is 1.83. The van der Waals surface area contributed by atoms with Crippen LogP contribution in [0.1, 0.15) is 45.2 Å². The van der Waals surface area contributed by atoms with Gasteiger partial charge in [0.2, 0.25) is 0 Å². The Kier molecular flexibility index (Phi) is 7.04. The first-order valence-electron chi connectivity index (χ1n) is 8.54. The maximum absolute atomic E-state index is 12.3. The van der Waals surface area contributed by atoms with E-state index in [1.165, 1.54) is 0 Å². The van der Waals surface area contributed by atoms with Crippen LogP contribution in [-0.4, -0.2) is 47.0 Å². The number of thioether (sulfide) groups is 1. The molecule has 0 spiro atoms. The molecule has 1 aliphatic heterocycles. The molecule has 0 aliphatic carbocycles. The zero-order chi connectivity index (χ0) is 17.7. The van der Waals surface area contributed by atoms with Gasteiger partial charge in [-0.05, 0) is 51.3 Å². The molecule has 1 fully saturated rings. The van der Waals surface area contributed by atoms with Gasteiger partial charge in [-0.15, -0.1) is 0 Å². The fourth-order valence-corrected chi connectivity index (χ4v) is 3.53. The van der Waals surface area contributed by atoms with Gasteiger partial charge in [-0.3, -0.25) is 0 Å². The fourth-order valence-electron chi connectivity index (χ4n) is 3.03. The quantitative estimate of drug-likeness (QED) is 0.725. The van der Waals surface area contributed by atoms with Crippen LogP contribution in [0.4, 0.5) is 8.78 Å². The minimum Gasteiger partial charge on any atom is -0.388 e. The van der Waals surface area contributed by atoms with E-state index < -0.39 is 11.4 Å². The lowest BCUT2D eigenvalue weighted by atomic mass is 9.90. The monoisotopic (exact) mass is 358 g/mol. The molecule has 2 rings (SSSR count). The van der Waals surface area contributed by atoms with Gasteiger partial charge < -0.3 is 15.3 Å². The van der Waals surface area contributed by atoms with Crippen molar-refractivity contribution in [1.29, 1.82) is 0 Å². The lowest BCUT2D eigenvalue weighted by Gasteiger charge is -2.40. The summed E-state index contributed by atoms with van der Waals surface area (Å²) in [6.07, 6.45) is 1.55. The van der Waals surface area contributed by atoms with Crippen molar-refractivity contribution in [1.82, 2.24) is 10.2 Å². The van der Waals surface area contributed by atoms with Crippen molar-refractivity contribution in [2.24, 2.45) is 0 Å². The Morgan fingerprint density at radius 1 is 1.17 bits per heavy atom. The van der Waals surface area contributed by atoms with Gasteiger partial charge >= 0.3 is 0 Å². The number of nitrogens with one attached hydrogen (secondary N) is 1. The van der Waals surface area contributed by atoms with Gasteiger partial charge in [-0.2, -0.15) is 8.78 Å². The maximum Gasteiger partial charge on any atom is 0.288 e. The third-order valence-corrected chi connectivity index (χ3v) is 5.52. The van der Waals surface area contributed by atoms with Crippen LogP contribution >= 0.6 is 11.8 Å². The first-order valence-corrected chi connectivity index (χ1v) is 9.42. The van der Waals surface area contributed by atoms with Crippen LogP contribution in [0.25, 0.3) is 0 Å². The lowest BCUT2D eigenvalue weighted by Crippen LogP contribution is -2.51. The van der Waals surface area contributed by atoms with E-state index in [9.17, 15) is 13.9 Å². The van der Waals surface area contributed by atoms with E-state index in [0.717, 1.165) is 31.5 Å². The van der Waals surface area contributed by atoms with Gasteiger partial charge in [-0.25, -0.2) is 0 Å². The molecule has 24 heavy (non-hydrogen) atoms. The molecule has 136 valence electrons. The summed E-state index contributed by atoms with van der Waals surface area (Å²) >= 11 is 0.558. The van der Waals surface area contributed by atoms with Crippen molar-refractivity contribution < 1.29 is 13.9 Å². The number of rotatable bonds is 7. The van der Waals surface area contributed by atoms with Crippen molar-refractivity contribution in [2.45, 2.75) is 62.0 Å². The molecule has 2 N–H and O–H groups in total. The highest BCUT2D eigenvalue weighted by Gasteiger charge is 2.33. The predicted molar refractivity (Wildman–Crippen MR) is 95.6 cm³/mol. The van der Waals surface area contributed by atoms with Crippen LogP contribution in [0.15, 0.2) is 29.2 Å². The summed E-state index contributed by atoms with van der Waals surface area (Å²) in [6.45, 7) is 8.78. The largest absolute Gasteiger partial charge is 0.388 e. The Labute approximate surface area is 147 Å². The number of aliphatic hydroxyl groups is 1. The second-order valence-electron chi connectivity index (χ2n) is 6.90. The maximum atomic E-state index is 12.3. The molecule has 0 radical (unpaired) electrons. The van der Waals surface area contributed by atoms with Crippen molar-refractivity contribution in [3.8, 4) is 0 Å². The number of benzene rings is 1. The van der Waals surface area contributed by atoms with Gasteiger partial charge in [0.25, 0.3) is 5.76 Å². The molecule has 1 unspecified atom stereocenters. The number of halogens is 2. The summed E-state index contributed by atoms with van der Waals surface area (Å²) in [5.41, 5.74) is 0.377. The van der Waals surface area contributed by atoms with E-state index in [2.05, 4.69) is 24.1 Å². The number of piperidine rings is 1. The first kappa shape index (κ1) is 19.6. The summed E-state index contributed by atoms with van der Waals surface area (Å²) in [6, 6.07) is 7.77. The molecule has 1 atom stereocenters. The van der Waals surface area contributed by atoms with E-state index >= 15 is 0 Å². The van der Waals surface area contributed by atoms with E-state index in [1.54, 1.807) is 12.1 Å². The highest BCUT2D eigenvalue weighted by Crippen LogP contribution is 2.27. The van der Waals surface area contributed by atoms with E-state index in [1.807, 2.05) is 19.1 Å². The molecule has 1 saturated heterocycles. The van der Waals surface area contributed by atoms with Crippen LogP contribution in [0.2, 0.25) is 0 Å². The van der Waals surface area contributed by atoms with Gasteiger partial charge in [0.05, 0.1) is 5.60 Å². The second-order valence-corrected chi connectivity index (χ2v) is 7.97. The zero-order valence-corrected chi connectivity index (χ0v) is 15.5. The van der Waals surface area contributed by atoms with E-state index in [0.29, 0.717) is 29.2 Å². The molecule has 0 amide bonds. The van der Waals surface area contributed by atoms with Crippen molar-refractivity contribution in [3.63, 3.8) is 0 Å². The SMILES string of the molecule is CC(NCC1(O)CCN(C(C)C)CC1)c1ccc(SC(F)F)cc1. The standard InChI is InChI=1S/C18H28F2N2OS/c1-13(2)22-10-8-18(23,9-11-22)12-21-14(3)15-4-6-16(7-5-15)24-17(19)20/h4-7,13-14,17,21,23H,8-12H2,1-3H3. The van der Waals surface area contributed by atoms with E-state index in [4.69, 9.17) is 0 Å². The summed E-state index contributed by atoms with van der Waals surface area (Å²) < 4.78 is 24.7. The predicted octanol–water partition coefficient (Wildman–Crippen LogP) is 3.89. The normalized spacial score (nSPS) is 19.8. The Morgan fingerprint density at radius 3 is 2.25 bits per heavy atom. The Morgan fingerprint density at radius 2 is 1.75 bits per heavy atom. The highest BCUT2D eigenvalue weighted by molar-refractivity contribution is 7.99. The van der Waals surface area contributed by atoms with Crippen LogP contribution in [0.5, 0.6) is 0 Å². The molecule has 0 bridgehead atoms. The smallest absolute Gasteiger partial charge is 0.288 e. The molecule has 0 saturated carbocycles. The highest BCUT2D eigenvalue weighted by atomic mass is 32.2. The molecule has 1 aliphatic rings. The molecular formula is C18H28F2N2OS. The molecule has 3 nitrogen and oxygen atoms in total. The molecule has 6 heteroatoms. The van der Waals surface area contributed by atoms with Crippen molar-refractivity contribution in [2.75, 3.05) is 19.6 Å². The molecule has 0 aromatic heterocycles. The number of likely N-dealkylation sites (tertiary alicyclic amines) is 1. The van der Waals surface area contributed by atoms with Gasteiger partial charge in [0.1, 0.15) is 0 Å². The summed E-state index contributed by atoms with van der Waals surface area (Å²) in [5, 5.41) is 14.1. The summed E-state index contributed by atoms with van der Waals surface area (Å²) in [5.74, 6) is -2.39. The average Bonchev–Trinajstić information content (AvgIpc) is 2.53. The third kappa shape index (κ3) is 5.69. The number of nitrogens with zero attached hydrogens (tertiary/aromatic N) is 1. The summed E-state index contributed by atoms with van der Waals surface area (Å²) in [7, 11) is 0.